The van der Waals surface area contributed by atoms with Crippen molar-refractivity contribution < 1.29 is 29.2 Å². The maximum Gasteiger partial charge on any atom is 0.158 e. The molecular weight excluding hydrogens is 422 g/mol. The molecule has 1 aliphatic heterocycles. The Hall–Kier alpha value is -0.570. The molecule has 196 valence electrons. The van der Waals surface area contributed by atoms with Crippen molar-refractivity contribution in [3.05, 3.63) is 0 Å². The summed E-state index contributed by atoms with van der Waals surface area (Å²) in [5, 5.41) is 20.9. The summed E-state index contributed by atoms with van der Waals surface area (Å²) in [6.07, 6.45) is 5.78. The van der Waals surface area contributed by atoms with Crippen LogP contribution in [0.15, 0.2) is 0 Å². The molecule has 2 N–H and O–H groups in total. The summed E-state index contributed by atoms with van der Waals surface area (Å²) in [7, 11) is 3.49. The Morgan fingerprint density at radius 1 is 1.18 bits per heavy atom. The van der Waals surface area contributed by atoms with Crippen LogP contribution in [0, 0.1) is 17.8 Å². The van der Waals surface area contributed by atoms with Crippen LogP contribution in [0.4, 0.5) is 0 Å². The van der Waals surface area contributed by atoms with Gasteiger partial charge in [0.15, 0.2) is 6.29 Å². The van der Waals surface area contributed by atoms with E-state index in [-0.39, 0.29) is 37.1 Å². The molecule has 33 heavy (non-hydrogen) atoms. The molecule has 7 unspecified atom stereocenters. The third-order valence-corrected chi connectivity index (χ3v) is 7.22. The SMILES string of the molecule is COCC(C)(O)C(O)C(C)N(C)CCCC(C)CC[C@H](O[C@H]1CC(C)CC(C)O1)C(C)C=O. The summed E-state index contributed by atoms with van der Waals surface area (Å²) in [6, 6.07) is -0.183. The maximum absolute atomic E-state index is 11.5. The van der Waals surface area contributed by atoms with Gasteiger partial charge in [0.05, 0.1) is 24.9 Å². The topological polar surface area (TPSA) is 88.5 Å². The van der Waals surface area contributed by atoms with E-state index < -0.39 is 11.7 Å². The highest BCUT2D eigenvalue weighted by Crippen LogP contribution is 2.28. The van der Waals surface area contributed by atoms with Gasteiger partial charge in [0.2, 0.25) is 0 Å². The Morgan fingerprint density at radius 3 is 2.42 bits per heavy atom. The minimum absolute atomic E-state index is 0.0928. The third-order valence-electron chi connectivity index (χ3n) is 7.22. The van der Waals surface area contributed by atoms with Crippen molar-refractivity contribution in [1.82, 2.24) is 4.90 Å². The Balaban J connectivity index is 2.44. The van der Waals surface area contributed by atoms with Crippen LogP contribution in [0.1, 0.15) is 80.1 Å². The number of hydrogen-bond donors (Lipinski definition) is 2. The van der Waals surface area contributed by atoms with Crippen LogP contribution in [0.2, 0.25) is 0 Å². The molecule has 0 amide bonds. The summed E-state index contributed by atoms with van der Waals surface area (Å²) < 4.78 is 17.3. The van der Waals surface area contributed by atoms with Crippen molar-refractivity contribution in [2.24, 2.45) is 17.8 Å². The van der Waals surface area contributed by atoms with Crippen molar-refractivity contribution >= 4 is 6.29 Å². The van der Waals surface area contributed by atoms with Gasteiger partial charge in [-0.25, -0.2) is 0 Å². The lowest BCUT2D eigenvalue weighted by Gasteiger charge is -2.37. The molecule has 7 nitrogen and oxygen atoms in total. The lowest BCUT2D eigenvalue weighted by Crippen LogP contribution is -2.54. The second-order valence-corrected chi connectivity index (χ2v) is 10.9. The number of aliphatic hydroxyl groups excluding tert-OH is 1. The lowest BCUT2D eigenvalue weighted by atomic mass is 9.92. The van der Waals surface area contributed by atoms with Crippen LogP contribution >= 0.6 is 0 Å². The summed E-state index contributed by atoms with van der Waals surface area (Å²) in [5.41, 5.74) is -1.28. The van der Waals surface area contributed by atoms with Gasteiger partial charge < -0.3 is 34.1 Å². The number of aldehydes is 1. The maximum atomic E-state index is 11.5. The number of ether oxygens (including phenoxy) is 3. The van der Waals surface area contributed by atoms with E-state index in [2.05, 4.69) is 25.7 Å². The van der Waals surface area contributed by atoms with Crippen LogP contribution < -0.4 is 0 Å². The zero-order valence-electron chi connectivity index (χ0n) is 22.3. The fourth-order valence-corrected chi connectivity index (χ4v) is 4.81. The number of likely N-dealkylation sites (N-methyl/N-ethyl adjacent to an activating group) is 1. The predicted molar refractivity (Wildman–Crippen MR) is 131 cm³/mol. The molecule has 0 saturated carbocycles. The van der Waals surface area contributed by atoms with Crippen molar-refractivity contribution in [2.45, 2.75) is 116 Å². The van der Waals surface area contributed by atoms with Crippen LogP contribution in [-0.2, 0) is 19.0 Å². The summed E-state index contributed by atoms with van der Waals surface area (Å²) >= 11 is 0. The molecule has 1 heterocycles. The van der Waals surface area contributed by atoms with Crippen molar-refractivity contribution in [2.75, 3.05) is 27.3 Å². The highest BCUT2D eigenvalue weighted by molar-refractivity contribution is 5.53. The monoisotopic (exact) mass is 473 g/mol. The van der Waals surface area contributed by atoms with E-state index in [9.17, 15) is 15.0 Å². The largest absolute Gasteiger partial charge is 0.388 e. The van der Waals surface area contributed by atoms with Crippen LogP contribution in [0.5, 0.6) is 0 Å². The third kappa shape index (κ3) is 10.7. The average Bonchev–Trinajstić information content (AvgIpc) is 2.74. The molecule has 1 rings (SSSR count). The van der Waals surface area contributed by atoms with Crippen molar-refractivity contribution in [3.8, 4) is 0 Å². The first-order valence-electron chi connectivity index (χ1n) is 12.8. The van der Waals surface area contributed by atoms with Gasteiger partial charge in [-0.2, -0.15) is 0 Å². The van der Waals surface area contributed by atoms with Crippen LogP contribution in [0.25, 0.3) is 0 Å². The van der Waals surface area contributed by atoms with E-state index in [1.807, 2.05) is 20.9 Å². The van der Waals surface area contributed by atoms with Gasteiger partial charge in [-0.15, -0.1) is 0 Å². The smallest absolute Gasteiger partial charge is 0.158 e. The molecule has 9 atom stereocenters. The van der Waals surface area contributed by atoms with Crippen molar-refractivity contribution in [3.63, 3.8) is 0 Å². The highest BCUT2D eigenvalue weighted by atomic mass is 16.7. The molecule has 0 aliphatic carbocycles. The number of aliphatic hydroxyl groups is 2. The second-order valence-electron chi connectivity index (χ2n) is 10.9. The number of carbonyl (C=O) groups excluding carboxylic acids is 1. The quantitative estimate of drug-likeness (QED) is 0.331. The van der Waals surface area contributed by atoms with Gasteiger partial charge in [0.1, 0.15) is 11.9 Å². The van der Waals surface area contributed by atoms with Gasteiger partial charge in [0, 0.05) is 25.5 Å². The zero-order valence-corrected chi connectivity index (χ0v) is 22.3. The average molecular weight is 474 g/mol. The number of carbonyl (C=O) groups is 1. The standard InChI is InChI=1S/C26H51NO6/c1-18(10-9-13-27(7)22(5)25(29)26(6,30)17-31-8)11-12-23(20(3)16-28)33-24-15-19(2)14-21(4)32-24/h16,18-25,29-30H,9-15,17H2,1-8H3/t18?,19?,20?,21?,22?,23-,24-,25?,26?/m0/s1. The Bertz CT molecular complexity index is 535. The summed E-state index contributed by atoms with van der Waals surface area (Å²) in [5.74, 6) is 0.924. The summed E-state index contributed by atoms with van der Waals surface area (Å²) in [4.78, 5) is 13.6. The Kier molecular flexibility index (Phi) is 13.6. The number of nitrogens with zero attached hydrogens (tertiary/aromatic N) is 1. The number of methoxy groups -OCH3 is 1. The lowest BCUT2D eigenvalue weighted by molar-refractivity contribution is -0.227. The van der Waals surface area contributed by atoms with Crippen LogP contribution in [0.3, 0.4) is 0 Å². The molecule has 0 spiro atoms. The normalized spacial score (nSPS) is 28.0. The first-order chi connectivity index (χ1) is 15.4. The van der Waals surface area contributed by atoms with Crippen LogP contribution in [-0.4, -0.2) is 85.0 Å². The number of hydrogen-bond acceptors (Lipinski definition) is 7. The van der Waals surface area contributed by atoms with E-state index in [1.165, 1.54) is 7.11 Å². The molecule has 0 bridgehead atoms. The second kappa shape index (κ2) is 14.7. The predicted octanol–water partition coefficient (Wildman–Crippen LogP) is 3.64. The van der Waals surface area contributed by atoms with Crippen molar-refractivity contribution in [1.29, 1.82) is 0 Å². The molecule has 0 aromatic heterocycles. The molecule has 0 aromatic carbocycles. The summed E-state index contributed by atoms with van der Waals surface area (Å²) in [6.45, 7) is 12.9. The van der Waals surface area contributed by atoms with Gasteiger partial charge in [-0.3, -0.25) is 0 Å². The van der Waals surface area contributed by atoms with E-state index >= 15 is 0 Å². The van der Waals surface area contributed by atoms with Gasteiger partial charge in [-0.1, -0.05) is 20.8 Å². The molecule has 7 heteroatoms. The molecule has 1 fully saturated rings. The first kappa shape index (κ1) is 30.5. The molecular formula is C26H51NO6. The molecule has 0 aromatic rings. The fraction of sp³-hybridized carbons (Fsp3) is 0.962. The van der Waals surface area contributed by atoms with E-state index in [0.717, 1.165) is 51.4 Å². The highest BCUT2D eigenvalue weighted by Gasteiger charge is 2.36. The van der Waals surface area contributed by atoms with Gasteiger partial charge in [-0.05, 0) is 78.3 Å². The van der Waals surface area contributed by atoms with Gasteiger partial charge in [0.25, 0.3) is 0 Å². The Labute approximate surface area is 202 Å². The minimum atomic E-state index is -1.28. The Morgan fingerprint density at radius 2 is 1.85 bits per heavy atom. The number of rotatable bonds is 16. The van der Waals surface area contributed by atoms with E-state index in [0.29, 0.717) is 11.8 Å². The minimum Gasteiger partial charge on any atom is -0.388 e. The molecule has 1 saturated heterocycles. The molecule has 0 radical (unpaired) electrons. The first-order valence-corrected chi connectivity index (χ1v) is 12.8. The van der Waals surface area contributed by atoms with E-state index in [1.54, 1.807) is 6.92 Å². The molecule has 1 aliphatic rings. The van der Waals surface area contributed by atoms with E-state index in [4.69, 9.17) is 14.2 Å². The zero-order chi connectivity index (χ0) is 25.2. The van der Waals surface area contributed by atoms with Gasteiger partial charge >= 0.3 is 0 Å². The fourth-order valence-electron chi connectivity index (χ4n) is 4.81.